The van der Waals surface area contributed by atoms with Gasteiger partial charge >= 0.3 is 0 Å². The van der Waals surface area contributed by atoms with E-state index in [9.17, 15) is 9.59 Å². The SMILES string of the molecule is CC(C)NC(=O)CN(C)C(=O)C(C)(C)CN. The number of hydrogen-bond acceptors (Lipinski definition) is 3. The Hall–Kier alpha value is -1.10. The van der Waals surface area contributed by atoms with Gasteiger partial charge in [0.05, 0.1) is 12.0 Å². The summed E-state index contributed by atoms with van der Waals surface area (Å²) in [6.45, 7) is 7.63. The van der Waals surface area contributed by atoms with E-state index < -0.39 is 5.41 Å². The Labute approximate surface area is 97.4 Å². The van der Waals surface area contributed by atoms with E-state index in [1.165, 1.54) is 4.90 Å². The number of carbonyl (C=O) groups is 2. The van der Waals surface area contributed by atoms with Crippen molar-refractivity contribution in [2.24, 2.45) is 11.1 Å². The van der Waals surface area contributed by atoms with Crippen LogP contribution in [0.2, 0.25) is 0 Å². The van der Waals surface area contributed by atoms with Crippen LogP contribution in [0.4, 0.5) is 0 Å². The maximum atomic E-state index is 11.9. The molecule has 0 bridgehead atoms. The molecule has 0 saturated heterocycles. The highest BCUT2D eigenvalue weighted by atomic mass is 16.2. The molecule has 0 fully saturated rings. The lowest BCUT2D eigenvalue weighted by Crippen LogP contribution is -2.47. The summed E-state index contributed by atoms with van der Waals surface area (Å²) >= 11 is 0. The maximum absolute atomic E-state index is 11.9. The molecule has 0 aliphatic rings. The minimum Gasteiger partial charge on any atom is -0.352 e. The largest absolute Gasteiger partial charge is 0.352 e. The molecule has 0 radical (unpaired) electrons. The van der Waals surface area contributed by atoms with E-state index in [2.05, 4.69) is 5.32 Å². The summed E-state index contributed by atoms with van der Waals surface area (Å²) in [5, 5.41) is 2.73. The van der Waals surface area contributed by atoms with Gasteiger partial charge in [-0.1, -0.05) is 0 Å². The second-order valence-electron chi connectivity index (χ2n) is 4.97. The third-order valence-corrected chi connectivity index (χ3v) is 2.27. The van der Waals surface area contributed by atoms with Gasteiger partial charge in [-0.05, 0) is 27.7 Å². The van der Waals surface area contributed by atoms with Crippen LogP contribution in [0.1, 0.15) is 27.7 Å². The van der Waals surface area contributed by atoms with Gasteiger partial charge in [-0.2, -0.15) is 0 Å². The number of likely N-dealkylation sites (N-methyl/N-ethyl adjacent to an activating group) is 1. The van der Waals surface area contributed by atoms with Crippen LogP contribution in [-0.2, 0) is 9.59 Å². The van der Waals surface area contributed by atoms with Crippen molar-refractivity contribution in [2.75, 3.05) is 20.1 Å². The molecule has 16 heavy (non-hydrogen) atoms. The average molecular weight is 229 g/mol. The smallest absolute Gasteiger partial charge is 0.239 e. The van der Waals surface area contributed by atoms with Crippen molar-refractivity contribution in [3.05, 3.63) is 0 Å². The second kappa shape index (κ2) is 5.84. The summed E-state index contributed by atoms with van der Waals surface area (Å²) in [5.74, 6) is -0.271. The molecule has 0 unspecified atom stereocenters. The van der Waals surface area contributed by atoms with Crippen LogP contribution in [0.5, 0.6) is 0 Å². The van der Waals surface area contributed by atoms with Crippen LogP contribution in [0.25, 0.3) is 0 Å². The van der Waals surface area contributed by atoms with Crippen molar-refractivity contribution in [3.63, 3.8) is 0 Å². The Balaban J connectivity index is 4.31. The molecule has 0 aliphatic heterocycles. The van der Waals surface area contributed by atoms with E-state index in [4.69, 9.17) is 5.73 Å². The molecule has 0 heterocycles. The minimum absolute atomic E-state index is 0.0699. The standard InChI is InChI=1S/C11H23N3O2/c1-8(2)13-9(15)6-14(5)10(16)11(3,4)7-12/h8H,6-7,12H2,1-5H3,(H,13,15). The monoisotopic (exact) mass is 229 g/mol. The lowest BCUT2D eigenvalue weighted by atomic mass is 9.92. The zero-order chi connectivity index (χ0) is 12.9. The van der Waals surface area contributed by atoms with E-state index in [0.29, 0.717) is 0 Å². The highest BCUT2D eigenvalue weighted by Crippen LogP contribution is 2.15. The quantitative estimate of drug-likeness (QED) is 0.694. The Morgan fingerprint density at radius 1 is 1.38 bits per heavy atom. The van der Waals surface area contributed by atoms with Crippen molar-refractivity contribution in [1.29, 1.82) is 0 Å². The highest BCUT2D eigenvalue weighted by molar-refractivity contribution is 5.87. The Bertz CT molecular complexity index is 262. The lowest BCUT2D eigenvalue weighted by Gasteiger charge is -2.27. The van der Waals surface area contributed by atoms with Gasteiger partial charge in [0.25, 0.3) is 0 Å². The first-order chi connectivity index (χ1) is 7.20. The molecule has 5 heteroatoms. The van der Waals surface area contributed by atoms with Gasteiger partial charge in [-0.25, -0.2) is 0 Å². The summed E-state index contributed by atoms with van der Waals surface area (Å²) in [6, 6.07) is 0.0820. The van der Waals surface area contributed by atoms with Gasteiger partial charge in [0, 0.05) is 19.6 Å². The van der Waals surface area contributed by atoms with Crippen LogP contribution in [0.15, 0.2) is 0 Å². The first kappa shape index (κ1) is 14.9. The van der Waals surface area contributed by atoms with E-state index in [0.717, 1.165) is 0 Å². The van der Waals surface area contributed by atoms with Gasteiger partial charge in [0.15, 0.2) is 0 Å². The van der Waals surface area contributed by atoms with Crippen molar-refractivity contribution in [3.8, 4) is 0 Å². The molecule has 0 aliphatic carbocycles. The highest BCUT2D eigenvalue weighted by Gasteiger charge is 2.29. The van der Waals surface area contributed by atoms with E-state index >= 15 is 0 Å². The number of hydrogen-bond donors (Lipinski definition) is 2. The number of carbonyl (C=O) groups excluding carboxylic acids is 2. The van der Waals surface area contributed by atoms with Crippen LogP contribution < -0.4 is 11.1 Å². The van der Waals surface area contributed by atoms with Gasteiger partial charge in [0.2, 0.25) is 11.8 Å². The number of nitrogens with zero attached hydrogens (tertiary/aromatic N) is 1. The van der Waals surface area contributed by atoms with Crippen LogP contribution in [0.3, 0.4) is 0 Å². The molecular weight excluding hydrogens is 206 g/mol. The predicted octanol–water partition coefficient (Wildman–Crippen LogP) is -0.0457. The maximum Gasteiger partial charge on any atom is 0.239 e. The zero-order valence-electron chi connectivity index (χ0n) is 10.8. The van der Waals surface area contributed by atoms with Gasteiger partial charge in [0.1, 0.15) is 0 Å². The molecule has 2 amide bonds. The summed E-state index contributed by atoms with van der Waals surface area (Å²) < 4.78 is 0. The molecule has 94 valence electrons. The van der Waals surface area contributed by atoms with Crippen molar-refractivity contribution < 1.29 is 9.59 Å². The molecule has 0 aromatic carbocycles. The molecule has 0 atom stereocenters. The molecule has 0 aromatic heterocycles. The molecule has 0 spiro atoms. The fourth-order valence-corrected chi connectivity index (χ4v) is 1.26. The van der Waals surface area contributed by atoms with Crippen molar-refractivity contribution in [2.45, 2.75) is 33.7 Å². The van der Waals surface area contributed by atoms with Gasteiger partial charge < -0.3 is 16.0 Å². The van der Waals surface area contributed by atoms with Crippen molar-refractivity contribution >= 4 is 11.8 Å². The van der Waals surface area contributed by atoms with E-state index in [1.54, 1.807) is 20.9 Å². The first-order valence-electron chi connectivity index (χ1n) is 5.45. The van der Waals surface area contributed by atoms with E-state index in [1.807, 2.05) is 13.8 Å². The lowest BCUT2D eigenvalue weighted by molar-refractivity contribution is -0.141. The third-order valence-electron chi connectivity index (χ3n) is 2.27. The van der Waals surface area contributed by atoms with Crippen molar-refractivity contribution in [1.82, 2.24) is 10.2 Å². The summed E-state index contributed by atoms with van der Waals surface area (Å²) in [5.41, 5.74) is 4.89. The fraction of sp³-hybridized carbons (Fsp3) is 0.818. The number of rotatable bonds is 5. The van der Waals surface area contributed by atoms with Gasteiger partial charge in [-0.3, -0.25) is 9.59 Å². The third kappa shape index (κ3) is 4.61. The van der Waals surface area contributed by atoms with Gasteiger partial charge in [-0.15, -0.1) is 0 Å². The Kier molecular flexibility index (Phi) is 5.44. The number of amides is 2. The zero-order valence-corrected chi connectivity index (χ0v) is 10.8. The predicted molar refractivity (Wildman–Crippen MR) is 63.8 cm³/mol. The van der Waals surface area contributed by atoms with Crippen LogP contribution in [-0.4, -0.2) is 42.9 Å². The van der Waals surface area contributed by atoms with Crippen LogP contribution >= 0.6 is 0 Å². The number of nitrogens with one attached hydrogen (secondary N) is 1. The summed E-state index contributed by atoms with van der Waals surface area (Å²) in [7, 11) is 1.61. The topological polar surface area (TPSA) is 75.4 Å². The first-order valence-corrected chi connectivity index (χ1v) is 5.45. The molecule has 0 aromatic rings. The second-order valence-corrected chi connectivity index (χ2v) is 4.97. The number of nitrogens with two attached hydrogens (primary N) is 1. The summed E-state index contributed by atoms with van der Waals surface area (Å²) in [4.78, 5) is 24.7. The average Bonchev–Trinajstić information content (AvgIpc) is 2.14. The summed E-state index contributed by atoms with van der Waals surface area (Å²) in [6.07, 6.45) is 0. The van der Waals surface area contributed by atoms with Crippen LogP contribution in [0, 0.1) is 5.41 Å². The van der Waals surface area contributed by atoms with E-state index in [-0.39, 0.29) is 30.9 Å². The Morgan fingerprint density at radius 3 is 2.25 bits per heavy atom. The molecule has 5 nitrogen and oxygen atoms in total. The normalized spacial score (nSPS) is 11.4. The Morgan fingerprint density at radius 2 is 1.88 bits per heavy atom. The molecule has 0 saturated carbocycles. The fourth-order valence-electron chi connectivity index (χ4n) is 1.26. The molecule has 0 rings (SSSR count). The molecular formula is C11H23N3O2. The minimum atomic E-state index is -0.618. The molecule has 3 N–H and O–H groups in total.